The van der Waals surface area contributed by atoms with Crippen LogP contribution in [0.15, 0.2) is 12.2 Å². The summed E-state index contributed by atoms with van der Waals surface area (Å²) in [6.45, 7) is 8.59. The molecule has 1 saturated heterocycles. The molecule has 5 rings (SSSR count). The molecule has 1 heterocycles. The highest BCUT2D eigenvalue weighted by Gasteiger charge is 2.84. The van der Waals surface area contributed by atoms with Crippen LogP contribution in [-0.2, 0) is 9.53 Å². The Balaban J connectivity index is 1.78. The summed E-state index contributed by atoms with van der Waals surface area (Å²) < 4.78 is 6.07. The first kappa shape index (κ1) is 16.4. The number of aliphatic hydroxyl groups excluding tert-OH is 2. The number of Topliss-reactive ketones (excluding diaryl/α,β-unsaturated/α-hetero) is 1. The molecule has 0 radical (unpaired) electrons. The number of hydrogen-bond donors (Lipinski definition) is 3. The SMILES string of the molecule is C=C1C(=O)[C@]23[C@H](O)C[C@@H]4C(C)(C)CC[C@H](O)[C@]45COC2(O)[C@H]1CC[C@@H]53. The standard InChI is InChI=1S/C20H28O5/c1-10-11-4-5-12-18-9-25-20(11,24)19(12,16(10)23)15(22)8-13(18)17(2,3)7-6-14(18)21/h11-15,21-22,24H,1,4-9H2,2-3H3/t11-,12-,13+,14-,15+,18-,19-,20?/m0/s1. The highest BCUT2D eigenvalue weighted by molar-refractivity contribution is 6.05. The molecule has 0 aromatic rings. The van der Waals surface area contributed by atoms with Crippen molar-refractivity contribution in [2.24, 2.45) is 34.0 Å². The van der Waals surface area contributed by atoms with Crippen molar-refractivity contribution in [2.45, 2.75) is 63.9 Å². The van der Waals surface area contributed by atoms with Crippen molar-refractivity contribution in [1.29, 1.82) is 0 Å². The molecule has 8 atom stereocenters. The zero-order valence-corrected chi connectivity index (χ0v) is 15.0. The third-order valence-electron chi connectivity index (χ3n) is 8.90. The molecule has 0 aromatic heterocycles. The summed E-state index contributed by atoms with van der Waals surface area (Å²) >= 11 is 0. The van der Waals surface area contributed by atoms with Crippen molar-refractivity contribution in [2.75, 3.05) is 6.61 Å². The molecule has 1 aliphatic heterocycles. The van der Waals surface area contributed by atoms with Gasteiger partial charge in [-0.25, -0.2) is 0 Å². The van der Waals surface area contributed by atoms with Crippen molar-refractivity contribution in [3.8, 4) is 0 Å². The van der Waals surface area contributed by atoms with Crippen LogP contribution in [0, 0.1) is 34.0 Å². The minimum atomic E-state index is -1.67. The van der Waals surface area contributed by atoms with Crippen molar-refractivity contribution < 1.29 is 24.9 Å². The lowest BCUT2D eigenvalue weighted by Gasteiger charge is -2.72. The molecule has 138 valence electrons. The molecule has 0 amide bonds. The summed E-state index contributed by atoms with van der Waals surface area (Å²) in [5.41, 5.74) is -1.57. The summed E-state index contributed by atoms with van der Waals surface area (Å²) in [6.07, 6.45) is 1.82. The third-order valence-corrected chi connectivity index (χ3v) is 8.90. The van der Waals surface area contributed by atoms with Gasteiger partial charge in [0.15, 0.2) is 11.6 Å². The van der Waals surface area contributed by atoms with Gasteiger partial charge >= 0.3 is 0 Å². The topological polar surface area (TPSA) is 87.0 Å². The van der Waals surface area contributed by atoms with E-state index in [0.717, 1.165) is 12.8 Å². The Labute approximate surface area is 148 Å². The Kier molecular flexibility index (Phi) is 2.88. The quantitative estimate of drug-likeness (QED) is 0.576. The molecule has 5 bridgehead atoms. The Hall–Kier alpha value is -0.750. The zero-order valence-electron chi connectivity index (χ0n) is 15.0. The van der Waals surface area contributed by atoms with Crippen LogP contribution in [0.3, 0.4) is 0 Å². The van der Waals surface area contributed by atoms with Crippen LogP contribution in [0.1, 0.15) is 46.0 Å². The molecule has 25 heavy (non-hydrogen) atoms. The first-order chi connectivity index (χ1) is 11.6. The van der Waals surface area contributed by atoms with E-state index < -0.39 is 34.7 Å². The summed E-state index contributed by atoms with van der Waals surface area (Å²) in [6, 6.07) is 0. The Morgan fingerprint density at radius 2 is 1.84 bits per heavy atom. The van der Waals surface area contributed by atoms with E-state index in [2.05, 4.69) is 20.4 Å². The summed E-state index contributed by atoms with van der Waals surface area (Å²) in [5, 5.41) is 33.8. The van der Waals surface area contributed by atoms with Crippen molar-refractivity contribution in [3.05, 3.63) is 12.2 Å². The summed E-state index contributed by atoms with van der Waals surface area (Å²) in [4.78, 5) is 13.3. The van der Waals surface area contributed by atoms with Gasteiger partial charge in [0.1, 0.15) is 5.41 Å². The van der Waals surface area contributed by atoms with E-state index in [0.29, 0.717) is 24.8 Å². The lowest BCUT2D eigenvalue weighted by Crippen LogP contribution is -2.79. The van der Waals surface area contributed by atoms with E-state index in [9.17, 15) is 20.1 Å². The highest BCUT2D eigenvalue weighted by Crippen LogP contribution is 2.76. The Morgan fingerprint density at radius 3 is 2.56 bits per heavy atom. The Morgan fingerprint density at radius 1 is 1.12 bits per heavy atom. The first-order valence-electron chi connectivity index (χ1n) is 9.60. The number of carbonyl (C=O) groups is 1. The van der Waals surface area contributed by atoms with Gasteiger partial charge in [-0.3, -0.25) is 4.79 Å². The molecule has 4 saturated carbocycles. The second kappa shape index (κ2) is 4.38. The van der Waals surface area contributed by atoms with Gasteiger partial charge in [0, 0.05) is 11.3 Å². The Bertz CT molecular complexity index is 686. The maximum atomic E-state index is 13.3. The molecule has 5 heteroatoms. The molecule has 0 aromatic carbocycles. The van der Waals surface area contributed by atoms with Gasteiger partial charge < -0.3 is 20.1 Å². The van der Waals surface area contributed by atoms with E-state index in [1.807, 2.05) is 0 Å². The van der Waals surface area contributed by atoms with Crippen LogP contribution in [0.5, 0.6) is 0 Å². The van der Waals surface area contributed by atoms with Crippen LogP contribution in [0.4, 0.5) is 0 Å². The largest absolute Gasteiger partial charge is 0.392 e. The lowest BCUT2D eigenvalue weighted by molar-refractivity contribution is -0.412. The highest BCUT2D eigenvalue weighted by atomic mass is 16.6. The second-order valence-corrected chi connectivity index (χ2v) is 9.85. The van der Waals surface area contributed by atoms with Crippen LogP contribution in [-0.4, -0.2) is 45.7 Å². The number of ether oxygens (including phenoxy) is 1. The zero-order chi connectivity index (χ0) is 18.0. The van der Waals surface area contributed by atoms with Crippen molar-refractivity contribution in [1.82, 2.24) is 0 Å². The van der Waals surface area contributed by atoms with E-state index in [1.165, 1.54) is 0 Å². The van der Waals surface area contributed by atoms with Gasteiger partial charge in [-0.1, -0.05) is 20.4 Å². The molecule has 4 aliphatic carbocycles. The van der Waals surface area contributed by atoms with Gasteiger partial charge in [0.25, 0.3) is 0 Å². The van der Waals surface area contributed by atoms with Crippen molar-refractivity contribution >= 4 is 5.78 Å². The molecule has 5 nitrogen and oxygen atoms in total. The van der Waals surface area contributed by atoms with Crippen molar-refractivity contribution in [3.63, 3.8) is 0 Å². The number of ketones is 1. The van der Waals surface area contributed by atoms with Crippen LogP contribution < -0.4 is 0 Å². The second-order valence-electron chi connectivity index (χ2n) is 9.85. The predicted molar refractivity (Wildman–Crippen MR) is 89.3 cm³/mol. The van der Waals surface area contributed by atoms with Crippen LogP contribution >= 0.6 is 0 Å². The fraction of sp³-hybridized carbons (Fsp3) is 0.850. The molecule has 3 N–H and O–H groups in total. The van der Waals surface area contributed by atoms with Crippen LogP contribution in [0.2, 0.25) is 0 Å². The van der Waals surface area contributed by atoms with Gasteiger partial charge in [-0.15, -0.1) is 0 Å². The average Bonchev–Trinajstić information content (AvgIpc) is 2.64. The molecular weight excluding hydrogens is 320 g/mol. The smallest absolute Gasteiger partial charge is 0.188 e. The number of aliphatic hydroxyl groups is 3. The number of carbonyl (C=O) groups excluding carboxylic acids is 1. The monoisotopic (exact) mass is 348 g/mol. The third kappa shape index (κ3) is 1.41. The van der Waals surface area contributed by atoms with Gasteiger partial charge in [0.05, 0.1) is 18.8 Å². The minimum absolute atomic E-state index is 0.0455. The maximum Gasteiger partial charge on any atom is 0.188 e. The predicted octanol–water partition coefficient (Wildman–Crippen LogP) is 1.40. The molecule has 2 spiro atoms. The fourth-order valence-corrected chi connectivity index (χ4v) is 7.85. The van der Waals surface area contributed by atoms with E-state index >= 15 is 0 Å². The summed E-state index contributed by atoms with van der Waals surface area (Å²) in [5.74, 6) is -2.53. The fourth-order valence-electron chi connectivity index (χ4n) is 7.85. The van der Waals surface area contributed by atoms with Gasteiger partial charge in [-0.2, -0.15) is 0 Å². The maximum absolute atomic E-state index is 13.3. The van der Waals surface area contributed by atoms with Gasteiger partial charge in [0.2, 0.25) is 0 Å². The lowest BCUT2D eigenvalue weighted by atomic mass is 9.37. The van der Waals surface area contributed by atoms with E-state index in [4.69, 9.17) is 4.74 Å². The van der Waals surface area contributed by atoms with Gasteiger partial charge in [-0.05, 0) is 54.9 Å². The minimum Gasteiger partial charge on any atom is -0.392 e. The molecule has 5 aliphatic rings. The van der Waals surface area contributed by atoms with E-state index in [1.54, 1.807) is 0 Å². The first-order valence-corrected chi connectivity index (χ1v) is 9.60. The number of rotatable bonds is 0. The number of hydrogen-bond acceptors (Lipinski definition) is 5. The normalized spacial score (nSPS) is 58.8. The molecule has 1 unspecified atom stereocenters. The summed E-state index contributed by atoms with van der Waals surface area (Å²) in [7, 11) is 0. The molecule has 5 fully saturated rings. The average molecular weight is 348 g/mol. The molecular formula is C20H28O5. The van der Waals surface area contributed by atoms with E-state index in [-0.39, 0.29) is 29.6 Å². The van der Waals surface area contributed by atoms with Crippen LogP contribution in [0.25, 0.3) is 0 Å².